The molecule has 3 rings (SSSR count). The molecule has 1 aliphatic heterocycles. The molecular formula is C10H12N4O3S. The van der Waals surface area contributed by atoms with Gasteiger partial charge in [0.1, 0.15) is 0 Å². The molecule has 7 nitrogen and oxygen atoms in total. The maximum atomic E-state index is 11.5. The Kier molecular flexibility index (Phi) is 2.84. The second kappa shape index (κ2) is 4.38. The van der Waals surface area contributed by atoms with Gasteiger partial charge in [-0.1, -0.05) is 0 Å². The van der Waals surface area contributed by atoms with Crippen LogP contribution in [-0.2, 0) is 0 Å². The number of hydrogen-bond acceptors (Lipinski definition) is 6. The Bertz CT molecular complexity index is 625. The standard InChI is InChI=1S/C10H12N4O3S/c15-1-5-6(2-16)18-10(5)14-4-13-7-8(14)11-3-12-9(7)17/h3-6,10,15-16H,1-2H2,(H,11,12,17)/t5-,6-,10-/m0/s1. The van der Waals surface area contributed by atoms with Gasteiger partial charge in [-0.25, -0.2) is 9.97 Å². The molecule has 0 amide bonds. The Labute approximate surface area is 106 Å². The number of imidazole rings is 1. The number of nitrogens with zero attached hydrogens (tertiary/aromatic N) is 3. The number of aromatic amines is 1. The smallest absolute Gasteiger partial charge is 0.278 e. The van der Waals surface area contributed by atoms with Crippen molar-refractivity contribution in [1.29, 1.82) is 0 Å². The minimum Gasteiger partial charge on any atom is -0.396 e. The number of thioether (sulfide) groups is 1. The Morgan fingerprint density at radius 1 is 1.39 bits per heavy atom. The van der Waals surface area contributed by atoms with Crippen LogP contribution in [0.15, 0.2) is 17.4 Å². The predicted octanol–water partition coefficient (Wildman–Crippen LogP) is -0.666. The second-order valence-electron chi connectivity index (χ2n) is 4.15. The molecule has 3 heterocycles. The molecule has 2 aromatic rings. The van der Waals surface area contributed by atoms with Gasteiger partial charge in [-0.05, 0) is 0 Å². The van der Waals surface area contributed by atoms with Crippen molar-refractivity contribution in [2.24, 2.45) is 5.92 Å². The third-order valence-electron chi connectivity index (χ3n) is 3.19. The van der Waals surface area contributed by atoms with Crippen molar-refractivity contribution in [3.05, 3.63) is 23.0 Å². The normalized spacial score (nSPS) is 27.3. The van der Waals surface area contributed by atoms with Crippen molar-refractivity contribution in [3.8, 4) is 0 Å². The van der Waals surface area contributed by atoms with Gasteiger partial charge in [-0.15, -0.1) is 11.8 Å². The van der Waals surface area contributed by atoms with Crippen molar-refractivity contribution in [2.45, 2.75) is 10.6 Å². The average molecular weight is 268 g/mol. The lowest BCUT2D eigenvalue weighted by Crippen LogP contribution is -2.41. The molecule has 1 fully saturated rings. The van der Waals surface area contributed by atoms with Crippen LogP contribution in [0.2, 0.25) is 0 Å². The summed E-state index contributed by atoms with van der Waals surface area (Å²) >= 11 is 1.55. The Morgan fingerprint density at radius 3 is 2.94 bits per heavy atom. The number of aromatic nitrogens is 4. The maximum absolute atomic E-state index is 11.5. The van der Waals surface area contributed by atoms with Gasteiger partial charge in [0.25, 0.3) is 5.56 Å². The summed E-state index contributed by atoms with van der Waals surface area (Å²) in [7, 11) is 0. The third-order valence-corrected chi connectivity index (χ3v) is 4.89. The van der Waals surface area contributed by atoms with Crippen molar-refractivity contribution in [3.63, 3.8) is 0 Å². The molecule has 0 radical (unpaired) electrons. The molecular weight excluding hydrogens is 256 g/mol. The van der Waals surface area contributed by atoms with Gasteiger partial charge in [0.05, 0.1) is 24.6 Å². The number of H-pyrrole nitrogens is 1. The van der Waals surface area contributed by atoms with Gasteiger partial charge in [0, 0.05) is 17.8 Å². The highest BCUT2D eigenvalue weighted by molar-refractivity contribution is 8.01. The summed E-state index contributed by atoms with van der Waals surface area (Å²) in [5.74, 6) is -0.0431. The summed E-state index contributed by atoms with van der Waals surface area (Å²) < 4.78 is 1.78. The summed E-state index contributed by atoms with van der Waals surface area (Å²) in [5, 5.41) is 18.5. The molecule has 0 aliphatic carbocycles. The maximum Gasteiger partial charge on any atom is 0.278 e. The quantitative estimate of drug-likeness (QED) is 0.682. The largest absolute Gasteiger partial charge is 0.396 e. The zero-order valence-corrected chi connectivity index (χ0v) is 10.2. The first-order valence-electron chi connectivity index (χ1n) is 5.53. The molecule has 0 bridgehead atoms. The van der Waals surface area contributed by atoms with Gasteiger partial charge < -0.3 is 19.8 Å². The van der Waals surface area contributed by atoms with Crippen LogP contribution in [0.4, 0.5) is 0 Å². The molecule has 8 heteroatoms. The lowest BCUT2D eigenvalue weighted by atomic mass is 10.0. The molecule has 1 aliphatic rings. The lowest BCUT2D eigenvalue weighted by molar-refractivity contribution is 0.158. The summed E-state index contributed by atoms with van der Waals surface area (Å²) in [5.41, 5.74) is 0.524. The average Bonchev–Trinajstić information content (AvgIpc) is 2.75. The van der Waals surface area contributed by atoms with E-state index in [9.17, 15) is 9.90 Å². The zero-order valence-electron chi connectivity index (χ0n) is 9.35. The Balaban J connectivity index is 2.01. The van der Waals surface area contributed by atoms with Gasteiger partial charge in [0.15, 0.2) is 11.2 Å². The number of aliphatic hydroxyl groups excluding tert-OH is 2. The fourth-order valence-corrected chi connectivity index (χ4v) is 3.55. The summed E-state index contributed by atoms with van der Waals surface area (Å²) in [6.07, 6.45) is 2.89. The van der Waals surface area contributed by atoms with Gasteiger partial charge in [0.2, 0.25) is 0 Å². The summed E-state index contributed by atoms with van der Waals surface area (Å²) in [4.78, 5) is 22.1. The molecule has 2 aromatic heterocycles. The third kappa shape index (κ3) is 1.57. The van der Waals surface area contributed by atoms with Crippen molar-refractivity contribution in [2.75, 3.05) is 13.2 Å². The van der Waals surface area contributed by atoms with Crippen LogP contribution in [0.3, 0.4) is 0 Å². The van der Waals surface area contributed by atoms with Crippen molar-refractivity contribution >= 4 is 22.9 Å². The fraction of sp³-hybridized carbons (Fsp3) is 0.500. The summed E-state index contributed by atoms with van der Waals surface area (Å²) in [6, 6.07) is 0. The molecule has 0 aromatic carbocycles. The number of rotatable bonds is 3. The topological polar surface area (TPSA) is 104 Å². The molecule has 96 valence electrons. The Hall–Kier alpha value is -1.38. The van der Waals surface area contributed by atoms with Crippen molar-refractivity contribution in [1.82, 2.24) is 19.5 Å². The highest BCUT2D eigenvalue weighted by Gasteiger charge is 2.42. The van der Waals surface area contributed by atoms with Crippen molar-refractivity contribution < 1.29 is 10.2 Å². The fourth-order valence-electron chi connectivity index (χ4n) is 2.18. The van der Waals surface area contributed by atoms with Crippen LogP contribution in [-0.4, -0.2) is 48.2 Å². The van der Waals surface area contributed by atoms with E-state index in [0.29, 0.717) is 11.2 Å². The number of nitrogens with one attached hydrogen (secondary N) is 1. The predicted molar refractivity (Wildman–Crippen MR) is 66.2 cm³/mol. The first-order chi connectivity index (χ1) is 8.76. The second-order valence-corrected chi connectivity index (χ2v) is 5.51. The van der Waals surface area contributed by atoms with Gasteiger partial charge in [-0.3, -0.25) is 4.79 Å². The highest BCUT2D eigenvalue weighted by atomic mass is 32.2. The molecule has 3 atom stereocenters. The van der Waals surface area contributed by atoms with Crippen LogP contribution < -0.4 is 5.56 Å². The van der Waals surface area contributed by atoms with Crippen LogP contribution in [0.25, 0.3) is 11.2 Å². The van der Waals surface area contributed by atoms with E-state index in [0.717, 1.165) is 0 Å². The number of fused-ring (bicyclic) bond motifs is 1. The minimum atomic E-state index is -0.276. The molecule has 0 saturated carbocycles. The van der Waals surface area contributed by atoms with E-state index in [1.165, 1.54) is 6.33 Å². The monoisotopic (exact) mass is 268 g/mol. The van der Waals surface area contributed by atoms with E-state index in [-0.39, 0.29) is 35.3 Å². The lowest BCUT2D eigenvalue weighted by Gasteiger charge is -2.42. The first-order valence-corrected chi connectivity index (χ1v) is 6.48. The van der Waals surface area contributed by atoms with E-state index in [1.54, 1.807) is 22.7 Å². The summed E-state index contributed by atoms with van der Waals surface area (Å²) in [6.45, 7) is 0.0266. The molecule has 1 saturated heterocycles. The number of hydrogen-bond donors (Lipinski definition) is 3. The number of aliphatic hydroxyl groups is 2. The van der Waals surface area contributed by atoms with Crippen LogP contribution in [0.5, 0.6) is 0 Å². The molecule has 3 N–H and O–H groups in total. The van der Waals surface area contributed by atoms with Crippen LogP contribution >= 0.6 is 11.8 Å². The molecule has 0 unspecified atom stereocenters. The van der Waals surface area contributed by atoms with Gasteiger partial charge >= 0.3 is 0 Å². The van der Waals surface area contributed by atoms with E-state index < -0.39 is 0 Å². The highest BCUT2D eigenvalue weighted by Crippen LogP contribution is 2.50. The Morgan fingerprint density at radius 2 is 2.22 bits per heavy atom. The molecule has 0 spiro atoms. The van der Waals surface area contributed by atoms with E-state index in [1.807, 2.05) is 0 Å². The van der Waals surface area contributed by atoms with Crippen LogP contribution in [0, 0.1) is 5.92 Å². The van der Waals surface area contributed by atoms with E-state index >= 15 is 0 Å². The van der Waals surface area contributed by atoms with Crippen LogP contribution in [0.1, 0.15) is 5.37 Å². The minimum absolute atomic E-state index is 0.00818. The van der Waals surface area contributed by atoms with Gasteiger partial charge in [-0.2, -0.15) is 0 Å². The van der Waals surface area contributed by atoms with E-state index in [4.69, 9.17) is 5.11 Å². The first kappa shape index (κ1) is 11.7. The molecule has 18 heavy (non-hydrogen) atoms. The zero-order chi connectivity index (χ0) is 12.7. The van der Waals surface area contributed by atoms with E-state index in [2.05, 4.69) is 15.0 Å². The SMILES string of the molecule is O=c1[nH]cnc2c1ncn2[C@H]1S[C@@H](CO)[C@@H]1CO.